The van der Waals surface area contributed by atoms with Crippen molar-refractivity contribution in [3.05, 3.63) is 28.3 Å². The number of carboxylic acids is 1. The predicted octanol–water partition coefficient (Wildman–Crippen LogP) is 2.90. The van der Waals surface area contributed by atoms with Crippen LogP contribution in [0, 0.1) is 31.6 Å². The molecule has 0 bridgehead atoms. The van der Waals surface area contributed by atoms with Crippen molar-refractivity contribution in [1.29, 1.82) is 0 Å². The van der Waals surface area contributed by atoms with Crippen LogP contribution in [0.25, 0.3) is 0 Å². The van der Waals surface area contributed by atoms with Crippen molar-refractivity contribution in [1.82, 2.24) is 4.90 Å². The van der Waals surface area contributed by atoms with Crippen LogP contribution in [-0.4, -0.2) is 41.6 Å². The van der Waals surface area contributed by atoms with Gasteiger partial charge in [0.15, 0.2) is 6.61 Å². The van der Waals surface area contributed by atoms with Gasteiger partial charge in [-0.2, -0.15) is 0 Å². The van der Waals surface area contributed by atoms with Gasteiger partial charge in [-0.15, -0.1) is 0 Å². The second-order valence-electron chi connectivity index (χ2n) is 6.90. The zero-order valence-electron chi connectivity index (χ0n) is 13.9. The molecule has 5 nitrogen and oxygen atoms in total. The van der Waals surface area contributed by atoms with Crippen LogP contribution in [0.15, 0.2) is 12.1 Å². The molecule has 0 radical (unpaired) electrons. The summed E-state index contributed by atoms with van der Waals surface area (Å²) in [6.45, 7) is 4.52. The Kier molecular flexibility index (Phi) is 4.72. The average Bonchev–Trinajstić information content (AvgIpc) is 3.28. The van der Waals surface area contributed by atoms with Crippen LogP contribution in [0.1, 0.15) is 24.0 Å². The first-order valence-corrected chi connectivity index (χ1v) is 8.64. The SMILES string of the molecule is Cc1cc(OCC(=O)N2C[C@H](C(=O)O)[C@@H](C3CC3)C2)cc(C)c1Cl. The number of ether oxygens (including phenoxy) is 1. The van der Waals surface area contributed by atoms with Crippen molar-refractivity contribution >= 4 is 23.5 Å². The van der Waals surface area contributed by atoms with Crippen molar-refractivity contribution in [2.24, 2.45) is 17.8 Å². The minimum atomic E-state index is -0.799. The first-order valence-electron chi connectivity index (χ1n) is 8.27. The lowest BCUT2D eigenvalue weighted by Crippen LogP contribution is -2.34. The molecule has 1 aliphatic carbocycles. The van der Waals surface area contributed by atoms with Gasteiger partial charge in [-0.05, 0) is 61.8 Å². The highest BCUT2D eigenvalue weighted by molar-refractivity contribution is 6.32. The zero-order chi connectivity index (χ0) is 17.4. The lowest BCUT2D eigenvalue weighted by molar-refractivity contribution is -0.142. The lowest BCUT2D eigenvalue weighted by atomic mass is 9.92. The van der Waals surface area contributed by atoms with Crippen LogP contribution in [0.4, 0.5) is 0 Å². The summed E-state index contributed by atoms with van der Waals surface area (Å²) in [4.78, 5) is 25.4. The number of benzene rings is 1. The van der Waals surface area contributed by atoms with Crippen LogP contribution in [-0.2, 0) is 9.59 Å². The van der Waals surface area contributed by atoms with E-state index in [4.69, 9.17) is 16.3 Å². The topological polar surface area (TPSA) is 66.8 Å². The molecule has 2 atom stereocenters. The number of halogens is 1. The van der Waals surface area contributed by atoms with Crippen molar-refractivity contribution in [3.8, 4) is 5.75 Å². The summed E-state index contributed by atoms with van der Waals surface area (Å²) in [7, 11) is 0. The summed E-state index contributed by atoms with van der Waals surface area (Å²) < 4.78 is 5.61. The third-order valence-electron chi connectivity index (χ3n) is 5.03. The number of likely N-dealkylation sites (tertiary alicyclic amines) is 1. The quantitative estimate of drug-likeness (QED) is 0.885. The second kappa shape index (κ2) is 6.63. The minimum Gasteiger partial charge on any atom is -0.484 e. The van der Waals surface area contributed by atoms with Crippen LogP contribution >= 0.6 is 11.6 Å². The van der Waals surface area contributed by atoms with E-state index in [2.05, 4.69) is 0 Å². The maximum atomic E-state index is 12.4. The number of hydrogen-bond acceptors (Lipinski definition) is 3. The van der Waals surface area contributed by atoms with Crippen LogP contribution < -0.4 is 4.74 Å². The fourth-order valence-corrected chi connectivity index (χ4v) is 3.63. The molecular weight excluding hydrogens is 330 g/mol. The van der Waals surface area contributed by atoms with Crippen molar-refractivity contribution in [2.75, 3.05) is 19.7 Å². The Bertz CT molecular complexity index is 648. The Morgan fingerprint density at radius 3 is 2.42 bits per heavy atom. The van der Waals surface area contributed by atoms with Gasteiger partial charge in [-0.25, -0.2) is 0 Å². The number of carbonyl (C=O) groups is 2. The molecule has 1 saturated heterocycles. The summed E-state index contributed by atoms with van der Waals surface area (Å²) in [6.07, 6.45) is 2.16. The molecule has 1 aliphatic heterocycles. The highest BCUT2D eigenvalue weighted by atomic mass is 35.5. The first kappa shape index (κ1) is 17.1. The Labute approximate surface area is 146 Å². The van der Waals surface area contributed by atoms with E-state index < -0.39 is 11.9 Å². The van der Waals surface area contributed by atoms with E-state index in [-0.39, 0.29) is 25.0 Å². The van der Waals surface area contributed by atoms with Gasteiger partial charge in [0, 0.05) is 18.1 Å². The van der Waals surface area contributed by atoms with E-state index >= 15 is 0 Å². The van der Waals surface area contributed by atoms with Gasteiger partial charge in [-0.1, -0.05) is 11.6 Å². The number of carboxylic acid groups (broad SMARTS) is 1. The van der Waals surface area contributed by atoms with E-state index in [1.807, 2.05) is 13.8 Å². The Hall–Kier alpha value is -1.75. The summed E-state index contributed by atoms with van der Waals surface area (Å²) in [6, 6.07) is 3.61. The largest absolute Gasteiger partial charge is 0.484 e. The molecule has 1 aromatic rings. The van der Waals surface area contributed by atoms with E-state index in [0.717, 1.165) is 24.0 Å². The van der Waals surface area contributed by atoms with Crippen LogP contribution in [0.5, 0.6) is 5.75 Å². The van der Waals surface area contributed by atoms with Gasteiger partial charge in [-0.3, -0.25) is 9.59 Å². The van der Waals surface area contributed by atoms with Crippen molar-refractivity contribution < 1.29 is 19.4 Å². The lowest BCUT2D eigenvalue weighted by Gasteiger charge is -2.17. The van der Waals surface area contributed by atoms with Gasteiger partial charge in [0.1, 0.15) is 5.75 Å². The number of hydrogen-bond donors (Lipinski definition) is 1. The highest BCUT2D eigenvalue weighted by Crippen LogP contribution is 2.44. The number of aryl methyl sites for hydroxylation is 2. The molecule has 1 heterocycles. The highest BCUT2D eigenvalue weighted by Gasteiger charge is 2.46. The fraction of sp³-hybridized carbons (Fsp3) is 0.556. The molecular formula is C18H22ClNO4. The molecule has 3 rings (SSSR count). The van der Waals surface area contributed by atoms with Gasteiger partial charge in [0.05, 0.1) is 5.92 Å². The maximum Gasteiger partial charge on any atom is 0.308 e. The number of carbonyl (C=O) groups excluding carboxylic acids is 1. The fourth-order valence-electron chi connectivity index (χ4n) is 3.52. The molecule has 2 fully saturated rings. The van der Waals surface area contributed by atoms with E-state index in [0.29, 0.717) is 23.2 Å². The molecule has 130 valence electrons. The Morgan fingerprint density at radius 2 is 1.88 bits per heavy atom. The smallest absolute Gasteiger partial charge is 0.308 e. The zero-order valence-corrected chi connectivity index (χ0v) is 14.7. The molecule has 0 aromatic heterocycles. The van der Waals surface area contributed by atoms with Gasteiger partial charge < -0.3 is 14.7 Å². The molecule has 0 spiro atoms. The molecule has 1 N–H and O–H groups in total. The molecule has 1 amide bonds. The summed E-state index contributed by atoms with van der Waals surface area (Å²) in [5.41, 5.74) is 1.81. The normalized spacial score (nSPS) is 23.4. The standard InChI is InChI=1S/C18H22ClNO4/c1-10-5-13(6-11(2)17(10)19)24-9-16(21)20-7-14(12-3-4-12)15(8-20)18(22)23/h5-6,12,14-15H,3-4,7-9H2,1-2H3,(H,22,23)/t14-,15+/m1/s1. The predicted molar refractivity (Wildman–Crippen MR) is 90.3 cm³/mol. The second-order valence-corrected chi connectivity index (χ2v) is 7.28. The third-order valence-corrected chi connectivity index (χ3v) is 5.63. The van der Waals surface area contributed by atoms with Gasteiger partial charge in [0.25, 0.3) is 5.91 Å². The minimum absolute atomic E-state index is 0.0791. The number of aliphatic carboxylic acids is 1. The number of rotatable bonds is 5. The van der Waals surface area contributed by atoms with Gasteiger partial charge >= 0.3 is 5.97 Å². The van der Waals surface area contributed by atoms with E-state index in [9.17, 15) is 14.7 Å². The Morgan fingerprint density at radius 1 is 1.25 bits per heavy atom. The molecule has 6 heteroatoms. The monoisotopic (exact) mass is 351 g/mol. The number of amides is 1. The Balaban J connectivity index is 1.60. The van der Waals surface area contributed by atoms with E-state index in [1.165, 1.54) is 0 Å². The molecule has 24 heavy (non-hydrogen) atoms. The van der Waals surface area contributed by atoms with Crippen molar-refractivity contribution in [2.45, 2.75) is 26.7 Å². The number of nitrogens with zero attached hydrogens (tertiary/aromatic N) is 1. The summed E-state index contributed by atoms with van der Waals surface area (Å²) in [5.74, 6) is -0.239. The summed E-state index contributed by atoms with van der Waals surface area (Å²) >= 11 is 6.13. The molecule has 1 aromatic carbocycles. The van der Waals surface area contributed by atoms with E-state index in [1.54, 1.807) is 17.0 Å². The summed E-state index contributed by atoms with van der Waals surface area (Å²) in [5, 5.41) is 10.1. The third kappa shape index (κ3) is 3.51. The molecule has 1 saturated carbocycles. The van der Waals surface area contributed by atoms with Gasteiger partial charge in [0.2, 0.25) is 0 Å². The molecule has 0 unspecified atom stereocenters. The molecule has 2 aliphatic rings. The first-order chi connectivity index (χ1) is 11.4. The average molecular weight is 352 g/mol. The van der Waals surface area contributed by atoms with Crippen molar-refractivity contribution in [3.63, 3.8) is 0 Å². The van der Waals surface area contributed by atoms with Crippen LogP contribution in [0.2, 0.25) is 5.02 Å². The van der Waals surface area contributed by atoms with Crippen LogP contribution in [0.3, 0.4) is 0 Å². The maximum absolute atomic E-state index is 12.4.